The van der Waals surface area contributed by atoms with Gasteiger partial charge in [-0.2, -0.15) is 0 Å². The third-order valence-electron chi connectivity index (χ3n) is 2.05. The fraction of sp³-hybridized carbons (Fsp3) is 0.500. The van der Waals surface area contributed by atoms with Crippen LogP contribution in [0.2, 0.25) is 0 Å². The van der Waals surface area contributed by atoms with E-state index in [1.165, 1.54) is 12.3 Å². The van der Waals surface area contributed by atoms with E-state index >= 15 is 0 Å². The summed E-state index contributed by atoms with van der Waals surface area (Å²) in [5, 5.41) is -0.549. The van der Waals surface area contributed by atoms with Gasteiger partial charge in [0.1, 0.15) is 0 Å². The first-order chi connectivity index (χ1) is 7.93. The Labute approximate surface area is 109 Å². The molecule has 17 heavy (non-hydrogen) atoms. The molecule has 1 aromatic rings. The molecule has 0 spiro atoms. The normalized spacial score (nSPS) is 13.6. The fourth-order valence-electron chi connectivity index (χ4n) is 1.23. The first-order valence-electron chi connectivity index (χ1n) is 5.18. The lowest BCUT2D eigenvalue weighted by Gasteiger charge is -2.07. The average molecular weight is 325 g/mol. The van der Waals surface area contributed by atoms with E-state index in [-0.39, 0.29) is 6.54 Å². The molecule has 0 aliphatic heterocycles. The van der Waals surface area contributed by atoms with Gasteiger partial charge in [-0.1, -0.05) is 22.9 Å². The molecule has 0 radical (unpaired) electrons. The summed E-state index contributed by atoms with van der Waals surface area (Å²) in [7, 11) is -3.84. The minimum atomic E-state index is -3.84. The number of sulfonamides is 1. The monoisotopic (exact) mass is 324 g/mol. The lowest BCUT2D eigenvalue weighted by molar-refractivity contribution is 0.542. The highest BCUT2D eigenvalue weighted by atomic mass is 79.9. The van der Waals surface area contributed by atoms with Gasteiger partial charge in [0.2, 0.25) is 5.03 Å². The van der Waals surface area contributed by atoms with E-state index in [9.17, 15) is 12.8 Å². The van der Waals surface area contributed by atoms with E-state index in [1.807, 2.05) is 6.92 Å². The van der Waals surface area contributed by atoms with Gasteiger partial charge in [0.25, 0.3) is 10.0 Å². The van der Waals surface area contributed by atoms with E-state index in [2.05, 4.69) is 25.6 Å². The van der Waals surface area contributed by atoms with Crippen molar-refractivity contribution in [3.05, 3.63) is 24.1 Å². The first kappa shape index (κ1) is 14.5. The van der Waals surface area contributed by atoms with Crippen LogP contribution in [0.5, 0.6) is 0 Å². The van der Waals surface area contributed by atoms with Crippen molar-refractivity contribution in [1.29, 1.82) is 0 Å². The van der Waals surface area contributed by atoms with Crippen molar-refractivity contribution in [3.63, 3.8) is 0 Å². The molecule has 1 atom stereocenters. The first-order valence-corrected chi connectivity index (χ1v) is 7.57. The Hall–Kier alpha value is -0.530. The van der Waals surface area contributed by atoms with Crippen LogP contribution in [0.3, 0.4) is 0 Å². The Morgan fingerprint density at radius 2 is 2.29 bits per heavy atom. The van der Waals surface area contributed by atoms with E-state index in [4.69, 9.17) is 0 Å². The molecule has 0 fully saturated rings. The highest BCUT2D eigenvalue weighted by Gasteiger charge is 2.19. The molecule has 1 N–H and O–H groups in total. The Morgan fingerprint density at radius 1 is 1.59 bits per heavy atom. The maximum Gasteiger partial charge on any atom is 0.261 e. The van der Waals surface area contributed by atoms with Crippen LogP contribution in [0.25, 0.3) is 0 Å². The number of aromatic nitrogens is 1. The predicted octanol–water partition coefficient (Wildman–Crippen LogP) is 2.06. The maximum absolute atomic E-state index is 13.2. The van der Waals surface area contributed by atoms with Crippen LogP contribution in [-0.4, -0.2) is 24.8 Å². The van der Waals surface area contributed by atoms with E-state index in [1.54, 1.807) is 0 Å². The number of hydrogen-bond acceptors (Lipinski definition) is 3. The summed E-state index contributed by atoms with van der Waals surface area (Å²) < 4.78 is 38.9. The van der Waals surface area contributed by atoms with Gasteiger partial charge in [-0.25, -0.2) is 22.5 Å². The maximum atomic E-state index is 13.2. The number of pyridine rings is 1. The van der Waals surface area contributed by atoms with Crippen LogP contribution in [-0.2, 0) is 10.0 Å². The highest BCUT2D eigenvalue weighted by Crippen LogP contribution is 2.10. The zero-order chi connectivity index (χ0) is 12.9. The van der Waals surface area contributed by atoms with Crippen LogP contribution in [0.15, 0.2) is 23.4 Å². The molecule has 1 rings (SSSR count). The lowest BCUT2D eigenvalue weighted by atomic mass is 10.2. The number of nitrogens with one attached hydrogen (secondary N) is 1. The van der Waals surface area contributed by atoms with Crippen molar-refractivity contribution in [2.75, 3.05) is 6.54 Å². The summed E-state index contributed by atoms with van der Waals surface area (Å²) in [5.41, 5.74) is 0. The van der Waals surface area contributed by atoms with Crippen molar-refractivity contribution in [2.24, 2.45) is 0 Å². The summed E-state index contributed by atoms with van der Waals surface area (Å²) in [6.45, 7) is 2.25. The molecule has 0 aromatic carbocycles. The van der Waals surface area contributed by atoms with Gasteiger partial charge in [0.15, 0.2) is 5.82 Å². The molecule has 0 aliphatic carbocycles. The van der Waals surface area contributed by atoms with Gasteiger partial charge in [0, 0.05) is 17.6 Å². The van der Waals surface area contributed by atoms with Crippen molar-refractivity contribution in [3.8, 4) is 0 Å². The SMILES string of the molecule is CC(Br)CCCNS(=O)(=O)c1ncccc1F. The van der Waals surface area contributed by atoms with Crippen LogP contribution < -0.4 is 4.72 Å². The Balaban J connectivity index is 2.61. The molecule has 0 aliphatic rings. The molecule has 1 aromatic heterocycles. The minimum absolute atomic E-state index is 0.272. The molecule has 7 heteroatoms. The standard InChI is InChI=1S/C10H14BrFN2O2S/c1-8(11)4-2-7-14-17(15,16)10-9(12)5-3-6-13-10/h3,5-6,8,14H,2,4,7H2,1H3. The molecule has 1 unspecified atom stereocenters. The molecule has 96 valence electrons. The second kappa shape index (κ2) is 6.42. The number of halogens is 2. The summed E-state index contributed by atoms with van der Waals surface area (Å²) in [5.74, 6) is -0.839. The third-order valence-corrected chi connectivity index (χ3v) is 3.90. The molecular formula is C10H14BrFN2O2S. The van der Waals surface area contributed by atoms with Gasteiger partial charge >= 0.3 is 0 Å². The Bertz CT molecular complexity index is 465. The number of hydrogen-bond donors (Lipinski definition) is 1. The second-order valence-corrected chi connectivity index (χ2v) is 6.86. The molecule has 0 saturated carbocycles. The summed E-state index contributed by atoms with van der Waals surface area (Å²) in [6.07, 6.45) is 2.77. The molecule has 0 bridgehead atoms. The highest BCUT2D eigenvalue weighted by molar-refractivity contribution is 9.09. The zero-order valence-electron chi connectivity index (χ0n) is 9.36. The van der Waals surface area contributed by atoms with Gasteiger partial charge < -0.3 is 0 Å². The van der Waals surface area contributed by atoms with Crippen molar-refractivity contribution in [1.82, 2.24) is 9.71 Å². The van der Waals surface area contributed by atoms with Gasteiger partial charge in [-0.15, -0.1) is 0 Å². The molecule has 1 heterocycles. The lowest BCUT2D eigenvalue weighted by Crippen LogP contribution is -2.26. The van der Waals surface area contributed by atoms with E-state index < -0.39 is 20.9 Å². The van der Waals surface area contributed by atoms with Crippen LogP contribution in [0.4, 0.5) is 4.39 Å². The van der Waals surface area contributed by atoms with E-state index in [0.29, 0.717) is 11.2 Å². The van der Waals surface area contributed by atoms with Gasteiger partial charge in [-0.05, 0) is 25.0 Å². The molecule has 0 amide bonds. The number of alkyl halides is 1. The van der Waals surface area contributed by atoms with E-state index in [0.717, 1.165) is 12.5 Å². The van der Waals surface area contributed by atoms with Crippen molar-refractivity contribution >= 4 is 26.0 Å². The Kier molecular flexibility index (Phi) is 5.48. The topological polar surface area (TPSA) is 59.1 Å². The van der Waals surface area contributed by atoms with Crippen LogP contribution in [0.1, 0.15) is 19.8 Å². The van der Waals surface area contributed by atoms with Crippen molar-refractivity contribution < 1.29 is 12.8 Å². The average Bonchev–Trinajstić information content (AvgIpc) is 2.24. The smallest absolute Gasteiger partial charge is 0.241 e. The molecule has 0 saturated heterocycles. The summed E-state index contributed by atoms with van der Waals surface area (Å²) >= 11 is 3.36. The largest absolute Gasteiger partial charge is 0.261 e. The van der Waals surface area contributed by atoms with Crippen molar-refractivity contribution in [2.45, 2.75) is 29.6 Å². The predicted molar refractivity (Wildman–Crippen MR) is 67.0 cm³/mol. The third kappa shape index (κ3) is 4.69. The summed E-state index contributed by atoms with van der Waals surface area (Å²) in [4.78, 5) is 3.86. The quantitative estimate of drug-likeness (QED) is 0.643. The van der Waals surface area contributed by atoms with Crippen LogP contribution >= 0.6 is 15.9 Å². The van der Waals surface area contributed by atoms with Crippen LogP contribution in [0, 0.1) is 5.82 Å². The Morgan fingerprint density at radius 3 is 2.88 bits per heavy atom. The second-order valence-electron chi connectivity index (χ2n) is 3.61. The number of nitrogens with zero attached hydrogens (tertiary/aromatic N) is 1. The minimum Gasteiger partial charge on any atom is -0.241 e. The van der Waals surface area contributed by atoms with Gasteiger partial charge in [-0.3, -0.25) is 0 Å². The molecular weight excluding hydrogens is 311 g/mol. The number of rotatable bonds is 6. The zero-order valence-corrected chi connectivity index (χ0v) is 11.8. The molecule has 4 nitrogen and oxygen atoms in total. The fourth-order valence-corrected chi connectivity index (χ4v) is 2.63. The summed E-state index contributed by atoms with van der Waals surface area (Å²) in [6, 6.07) is 2.42. The van der Waals surface area contributed by atoms with Gasteiger partial charge in [0.05, 0.1) is 0 Å².